The highest BCUT2D eigenvalue weighted by Gasteiger charge is 2.27. The molecule has 0 aliphatic carbocycles. The number of nitrogens with two attached hydrogens (primary N) is 1. The van der Waals surface area contributed by atoms with Crippen molar-refractivity contribution in [3.8, 4) is 0 Å². The summed E-state index contributed by atoms with van der Waals surface area (Å²) in [6, 6.07) is 0. The predicted molar refractivity (Wildman–Crippen MR) is 70.2 cm³/mol. The van der Waals surface area contributed by atoms with Crippen LogP contribution < -0.4 is 11.1 Å². The van der Waals surface area contributed by atoms with Crippen molar-refractivity contribution in [1.82, 2.24) is 15.1 Å². The first-order valence-corrected chi connectivity index (χ1v) is 6.13. The highest BCUT2D eigenvalue weighted by molar-refractivity contribution is 5.98. The van der Waals surface area contributed by atoms with Crippen LogP contribution >= 0.6 is 0 Å². The number of hydrogen-bond acceptors (Lipinski definition) is 4. The molecule has 1 atom stereocenters. The number of aromatic nitrogens is 2. The number of carbonyl (C=O) groups excluding carboxylic acids is 1. The van der Waals surface area contributed by atoms with Gasteiger partial charge in [-0.3, -0.25) is 9.48 Å². The van der Waals surface area contributed by atoms with Gasteiger partial charge in [-0.05, 0) is 19.8 Å². The van der Waals surface area contributed by atoms with Crippen molar-refractivity contribution in [2.75, 3.05) is 12.3 Å². The van der Waals surface area contributed by atoms with E-state index in [1.54, 1.807) is 14.0 Å². The van der Waals surface area contributed by atoms with E-state index in [1.165, 1.54) is 4.68 Å². The van der Waals surface area contributed by atoms with Crippen LogP contribution in [0.15, 0.2) is 0 Å². The Morgan fingerprint density at radius 3 is 2.56 bits per heavy atom. The van der Waals surface area contributed by atoms with Gasteiger partial charge in [0.2, 0.25) is 0 Å². The number of nitrogens with one attached hydrogen (secondary N) is 1. The molecule has 1 aromatic rings. The fourth-order valence-electron chi connectivity index (χ4n) is 1.70. The number of aryl methyl sites for hydroxylation is 2. The third kappa shape index (κ3) is 2.64. The molecular weight excluding hydrogens is 232 g/mol. The topological polar surface area (TPSA) is 93.2 Å². The van der Waals surface area contributed by atoms with Gasteiger partial charge in [0.1, 0.15) is 5.69 Å². The van der Waals surface area contributed by atoms with Gasteiger partial charge in [0.25, 0.3) is 5.91 Å². The summed E-state index contributed by atoms with van der Waals surface area (Å²) >= 11 is 0. The summed E-state index contributed by atoms with van der Waals surface area (Å²) in [6.45, 7) is 5.51. The van der Waals surface area contributed by atoms with Crippen LogP contribution in [0.4, 0.5) is 5.69 Å². The lowest BCUT2D eigenvalue weighted by molar-refractivity contribution is 0.0839. The zero-order chi connectivity index (χ0) is 13.9. The van der Waals surface area contributed by atoms with Crippen LogP contribution in [0.5, 0.6) is 0 Å². The lowest BCUT2D eigenvalue weighted by Crippen LogP contribution is -2.49. The monoisotopic (exact) mass is 254 g/mol. The molecule has 102 valence electrons. The third-order valence-electron chi connectivity index (χ3n) is 3.25. The van der Waals surface area contributed by atoms with Gasteiger partial charge in [-0.1, -0.05) is 13.8 Å². The molecule has 6 nitrogen and oxygen atoms in total. The zero-order valence-corrected chi connectivity index (χ0v) is 11.4. The molecule has 1 amide bonds. The van der Waals surface area contributed by atoms with E-state index >= 15 is 0 Å². The van der Waals surface area contributed by atoms with Crippen molar-refractivity contribution in [2.45, 2.75) is 39.2 Å². The lowest BCUT2D eigenvalue weighted by atomic mass is 10.00. The van der Waals surface area contributed by atoms with E-state index < -0.39 is 5.54 Å². The van der Waals surface area contributed by atoms with E-state index in [2.05, 4.69) is 10.4 Å². The van der Waals surface area contributed by atoms with E-state index in [4.69, 9.17) is 5.73 Å². The first-order valence-electron chi connectivity index (χ1n) is 6.13. The van der Waals surface area contributed by atoms with Crippen molar-refractivity contribution in [1.29, 1.82) is 0 Å². The Kier molecular flexibility index (Phi) is 4.34. The SMILES string of the molecule is CCc1nn(C)c(C(=O)NC(C)(CC)CO)c1N. The van der Waals surface area contributed by atoms with Crippen LogP contribution in [0, 0.1) is 0 Å². The largest absolute Gasteiger partial charge is 0.395 e. The Labute approximate surface area is 107 Å². The summed E-state index contributed by atoms with van der Waals surface area (Å²) in [4.78, 5) is 12.2. The van der Waals surface area contributed by atoms with Crippen molar-refractivity contribution in [3.63, 3.8) is 0 Å². The van der Waals surface area contributed by atoms with Crippen LogP contribution in [0.3, 0.4) is 0 Å². The molecule has 1 unspecified atom stereocenters. The lowest BCUT2D eigenvalue weighted by Gasteiger charge is -2.27. The van der Waals surface area contributed by atoms with Crippen molar-refractivity contribution in [2.24, 2.45) is 7.05 Å². The highest BCUT2D eigenvalue weighted by Crippen LogP contribution is 2.18. The standard InChI is InChI=1S/C12H22N4O2/c1-5-8-9(13)10(16(4)15-8)11(18)14-12(3,6-2)7-17/h17H,5-7,13H2,1-4H3,(H,14,18). The molecule has 0 spiro atoms. The van der Waals surface area contributed by atoms with Gasteiger partial charge >= 0.3 is 0 Å². The molecule has 18 heavy (non-hydrogen) atoms. The number of nitrogens with zero attached hydrogens (tertiary/aromatic N) is 2. The van der Waals surface area contributed by atoms with E-state index in [1.807, 2.05) is 13.8 Å². The van der Waals surface area contributed by atoms with Gasteiger partial charge in [0.15, 0.2) is 0 Å². The summed E-state index contributed by atoms with van der Waals surface area (Å²) in [6.07, 6.45) is 1.31. The van der Waals surface area contributed by atoms with Gasteiger partial charge in [0.05, 0.1) is 23.5 Å². The molecule has 0 aliphatic rings. The number of rotatable bonds is 5. The number of anilines is 1. The van der Waals surface area contributed by atoms with E-state index in [9.17, 15) is 9.90 Å². The molecule has 0 radical (unpaired) electrons. The van der Waals surface area contributed by atoms with Crippen LogP contribution in [-0.2, 0) is 13.5 Å². The van der Waals surface area contributed by atoms with Crippen LogP contribution in [0.2, 0.25) is 0 Å². The first-order chi connectivity index (χ1) is 8.38. The third-order valence-corrected chi connectivity index (χ3v) is 3.25. The second-order valence-corrected chi connectivity index (χ2v) is 4.71. The van der Waals surface area contributed by atoms with E-state index in [0.29, 0.717) is 29.9 Å². The van der Waals surface area contributed by atoms with Crippen molar-refractivity contribution in [3.05, 3.63) is 11.4 Å². The Morgan fingerprint density at radius 2 is 2.17 bits per heavy atom. The smallest absolute Gasteiger partial charge is 0.272 e. The minimum atomic E-state index is -0.639. The normalized spacial score (nSPS) is 14.3. The molecule has 0 saturated carbocycles. The average Bonchev–Trinajstić information content (AvgIpc) is 2.63. The fourth-order valence-corrected chi connectivity index (χ4v) is 1.70. The quantitative estimate of drug-likeness (QED) is 0.711. The van der Waals surface area contributed by atoms with Gasteiger partial charge in [-0.15, -0.1) is 0 Å². The van der Waals surface area contributed by atoms with Gasteiger partial charge in [-0.25, -0.2) is 0 Å². The highest BCUT2D eigenvalue weighted by atomic mass is 16.3. The summed E-state index contributed by atoms with van der Waals surface area (Å²) in [5.74, 6) is -0.305. The minimum absolute atomic E-state index is 0.117. The van der Waals surface area contributed by atoms with Crippen molar-refractivity contribution < 1.29 is 9.90 Å². The van der Waals surface area contributed by atoms with Crippen LogP contribution in [0.1, 0.15) is 43.4 Å². The van der Waals surface area contributed by atoms with Crippen LogP contribution in [-0.4, -0.2) is 32.9 Å². The Hall–Kier alpha value is -1.56. The Morgan fingerprint density at radius 1 is 1.56 bits per heavy atom. The number of aliphatic hydroxyl groups excluding tert-OH is 1. The first kappa shape index (κ1) is 14.5. The number of amides is 1. The molecule has 0 aromatic carbocycles. The summed E-state index contributed by atoms with van der Waals surface area (Å²) in [5, 5.41) is 16.3. The second-order valence-electron chi connectivity index (χ2n) is 4.71. The van der Waals surface area contributed by atoms with Gasteiger partial charge in [-0.2, -0.15) is 5.10 Å². The molecule has 0 aliphatic heterocycles. The minimum Gasteiger partial charge on any atom is -0.395 e. The molecule has 0 saturated heterocycles. The number of aliphatic hydroxyl groups is 1. The van der Waals surface area contributed by atoms with Crippen molar-refractivity contribution >= 4 is 11.6 Å². The maximum atomic E-state index is 12.2. The van der Waals surface area contributed by atoms with E-state index in [0.717, 1.165) is 0 Å². The van der Waals surface area contributed by atoms with Gasteiger partial charge in [0, 0.05) is 7.05 Å². The molecule has 1 rings (SSSR count). The number of hydrogen-bond donors (Lipinski definition) is 3. The summed E-state index contributed by atoms with van der Waals surface area (Å²) in [5.41, 5.74) is 6.74. The van der Waals surface area contributed by atoms with Gasteiger partial charge < -0.3 is 16.2 Å². The number of nitrogen functional groups attached to an aromatic ring is 1. The molecule has 0 bridgehead atoms. The summed E-state index contributed by atoms with van der Waals surface area (Å²) in [7, 11) is 1.69. The maximum absolute atomic E-state index is 12.2. The fraction of sp³-hybridized carbons (Fsp3) is 0.667. The molecule has 6 heteroatoms. The molecule has 1 heterocycles. The van der Waals surface area contributed by atoms with Crippen LogP contribution in [0.25, 0.3) is 0 Å². The molecule has 0 fully saturated rings. The maximum Gasteiger partial charge on any atom is 0.272 e. The molecule has 1 aromatic heterocycles. The summed E-state index contributed by atoms with van der Waals surface area (Å²) < 4.78 is 1.48. The van der Waals surface area contributed by atoms with E-state index in [-0.39, 0.29) is 12.5 Å². The second kappa shape index (κ2) is 5.39. The zero-order valence-electron chi connectivity index (χ0n) is 11.4. The number of carbonyl (C=O) groups is 1. The Balaban J connectivity index is 3.01. The predicted octanol–water partition coefficient (Wildman–Crippen LogP) is 0.456. The molecule has 4 N–H and O–H groups in total. The Bertz CT molecular complexity index is 436. The average molecular weight is 254 g/mol. The molecular formula is C12H22N4O2.